The zero-order chi connectivity index (χ0) is 20.4. The molecule has 0 aliphatic carbocycles. The van der Waals surface area contributed by atoms with Gasteiger partial charge in [-0.05, 0) is 63.5 Å². The summed E-state index contributed by atoms with van der Waals surface area (Å²) < 4.78 is 22.6. The van der Waals surface area contributed by atoms with E-state index in [1.807, 2.05) is 41.0 Å². The molecule has 7 heteroatoms. The maximum Gasteiger partial charge on any atom is 0.268 e. The third kappa shape index (κ3) is 4.36. The highest BCUT2D eigenvalue weighted by atomic mass is 79.9. The number of nitrogens with one attached hydrogen (secondary N) is 1. The Hall–Kier alpha value is -2.64. The van der Waals surface area contributed by atoms with Crippen molar-refractivity contribution in [2.75, 3.05) is 7.11 Å². The summed E-state index contributed by atoms with van der Waals surface area (Å²) in [4.78, 5) is 12.9. The third-order valence-electron chi connectivity index (χ3n) is 4.63. The van der Waals surface area contributed by atoms with E-state index in [4.69, 9.17) is 4.74 Å². The molecule has 0 radical (unpaired) electrons. The van der Waals surface area contributed by atoms with Crippen LogP contribution in [0.1, 0.15) is 21.6 Å². The molecule has 29 heavy (non-hydrogen) atoms. The van der Waals surface area contributed by atoms with E-state index in [-0.39, 0.29) is 18.3 Å². The molecular formula is C22H18BrFN2O2S. The Kier molecular flexibility index (Phi) is 5.69. The third-order valence-corrected chi connectivity index (χ3v) is 6.21. The van der Waals surface area contributed by atoms with E-state index in [0.717, 1.165) is 30.9 Å². The average Bonchev–Trinajstić information content (AvgIpc) is 3.24. The molecule has 0 bridgehead atoms. The SMILES string of the molecule is COc1ccc(Cn2c(C(=O)NCc3cccc(F)c3)cc3sc(Br)cc32)cc1. The van der Waals surface area contributed by atoms with Crippen molar-refractivity contribution in [3.05, 3.63) is 87.1 Å². The number of nitrogens with zero attached hydrogens (tertiary/aromatic N) is 1. The van der Waals surface area contributed by atoms with Gasteiger partial charge in [0, 0.05) is 13.1 Å². The Labute approximate surface area is 180 Å². The van der Waals surface area contributed by atoms with Crippen LogP contribution in [-0.4, -0.2) is 17.6 Å². The number of methoxy groups -OCH3 is 1. The number of fused-ring (bicyclic) bond motifs is 1. The fourth-order valence-corrected chi connectivity index (χ4v) is 4.77. The van der Waals surface area contributed by atoms with Gasteiger partial charge in [0.2, 0.25) is 0 Å². The molecule has 0 spiro atoms. The summed E-state index contributed by atoms with van der Waals surface area (Å²) in [5, 5.41) is 2.90. The smallest absolute Gasteiger partial charge is 0.268 e. The van der Waals surface area contributed by atoms with E-state index in [0.29, 0.717) is 12.2 Å². The van der Waals surface area contributed by atoms with Gasteiger partial charge in [0.1, 0.15) is 17.3 Å². The molecule has 2 aromatic heterocycles. The topological polar surface area (TPSA) is 43.3 Å². The lowest BCUT2D eigenvalue weighted by Gasteiger charge is -2.12. The Balaban J connectivity index is 1.61. The number of rotatable bonds is 6. The second kappa shape index (κ2) is 8.39. The van der Waals surface area contributed by atoms with Gasteiger partial charge in [0.25, 0.3) is 5.91 Å². The number of hydrogen-bond acceptors (Lipinski definition) is 3. The van der Waals surface area contributed by atoms with Gasteiger partial charge in [0.15, 0.2) is 0 Å². The number of carbonyl (C=O) groups excluding carboxylic acids is 1. The lowest BCUT2D eigenvalue weighted by molar-refractivity contribution is 0.0942. The lowest BCUT2D eigenvalue weighted by Crippen LogP contribution is -2.25. The molecule has 1 N–H and O–H groups in total. The van der Waals surface area contributed by atoms with Crippen LogP contribution in [0.5, 0.6) is 5.75 Å². The highest BCUT2D eigenvalue weighted by molar-refractivity contribution is 9.11. The molecule has 1 amide bonds. The normalized spacial score (nSPS) is 11.0. The van der Waals surface area contributed by atoms with Crippen LogP contribution in [0.3, 0.4) is 0 Å². The van der Waals surface area contributed by atoms with Gasteiger partial charge < -0.3 is 14.6 Å². The van der Waals surface area contributed by atoms with Crippen molar-refractivity contribution < 1.29 is 13.9 Å². The predicted molar refractivity (Wildman–Crippen MR) is 117 cm³/mol. The van der Waals surface area contributed by atoms with Crippen LogP contribution in [0.2, 0.25) is 0 Å². The van der Waals surface area contributed by atoms with Crippen molar-refractivity contribution >= 4 is 43.4 Å². The summed E-state index contributed by atoms with van der Waals surface area (Å²) >= 11 is 5.11. The van der Waals surface area contributed by atoms with Crippen molar-refractivity contribution in [1.82, 2.24) is 9.88 Å². The largest absolute Gasteiger partial charge is 0.497 e. The molecule has 0 atom stereocenters. The molecule has 2 heterocycles. The first-order valence-electron chi connectivity index (χ1n) is 8.97. The highest BCUT2D eigenvalue weighted by Crippen LogP contribution is 2.33. The number of aromatic nitrogens is 1. The van der Waals surface area contributed by atoms with Gasteiger partial charge in [-0.25, -0.2) is 4.39 Å². The van der Waals surface area contributed by atoms with Crippen molar-refractivity contribution in [2.24, 2.45) is 0 Å². The number of benzene rings is 2. The molecule has 0 aliphatic rings. The second-order valence-corrected chi connectivity index (χ2v) is 9.04. The number of hydrogen-bond donors (Lipinski definition) is 1. The van der Waals surface area contributed by atoms with Crippen LogP contribution in [0, 0.1) is 5.82 Å². The maximum absolute atomic E-state index is 13.4. The molecule has 4 rings (SSSR count). The Morgan fingerprint density at radius 1 is 1.14 bits per heavy atom. The maximum atomic E-state index is 13.4. The van der Waals surface area contributed by atoms with E-state index in [1.54, 1.807) is 30.6 Å². The van der Waals surface area contributed by atoms with E-state index >= 15 is 0 Å². The van der Waals surface area contributed by atoms with Crippen LogP contribution in [0.25, 0.3) is 10.2 Å². The minimum absolute atomic E-state index is 0.192. The molecule has 0 unspecified atom stereocenters. The molecule has 4 nitrogen and oxygen atoms in total. The predicted octanol–water partition coefficient (Wildman–Crippen LogP) is 5.59. The Morgan fingerprint density at radius 2 is 1.93 bits per heavy atom. The van der Waals surface area contributed by atoms with Crippen molar-refractivity contribution in [3.63, 3.8) is 0 Å². The quantitative estimate of drug-likeness (QED) is 0.397. The first-order valence-corrected chi connectivity index (χ1v) is 10.6. The molecule has 148 valence electrons. The summed E-state index contributed by atoms with van der Waals surface area (Å²) in [5.41, 5.74) is 3.35. The van der Waals surface area contributed by atoms with Crippen molar-refractivity contribution in [2.45, 2.75) is 13.1 Å². The van der Waals surface area contributed by atoms with Crippen LogP contribution in [-0.2, 0) is 13.1 Å². The van der Waals surface area contributed by atoms with Gasteiger partial charge >= 0.3 is 0 Å². The number of carbonyl (C=O) groups is 1. The van der Waals surface area contributed by atoms with Gasteiger partial charge in [0.05, 0.1) is 21.1 Å². The zero-order valence-electron chi connectivity index (χ0n) is 15.6. The summed E-state index contributed by atoms with van der Waals surface area (Å²) in [5.74, 6) is 0.282. The zero-order valence-corrected chi connectivity index (χ0v) is 18.0. The molecule has 4 aromatic rings. The minimum Gasteiger partial charge on any atom is -0.497 e. The van der Waals surface area contributed by atoms with E-state index < -0.39 is 0 Å². The first-order chi connectivity index (χ1) is 14.0. The molecule has 0 saturated heterocycles. The molecule has 0 aliphatic heterocycles. The van der Waals surface area contributed by atoms with E-state index in [2.05, 4.69) is 21.2 Å². The minimum atomic E-state index is -0.315. The molecular weight excluding hydrogens is 455 g/mol. The van der Waals surface area contributed by atoms with Crippen LogP contribution >= 0.6 is 27.3 Å². The van der Waals surface area contributed by atoms with Gasteiger partial charge in [-0.15, -0.1) is 11.3 Å². The second-order valence-electron chi connectivity index (χ2n) is 6.58. The first kappa shape index (κ1) is 19.7. The van der Waals surface area contributed by atoms with Crippen LogP contribution in [0.4, 0.5) is 4.39 Å². The summed E-state index contributed by atoms with van der Waals surface area (Å²) in [6, 6.07) is 17.9. The van der Waals surface area contributed by atoms with E-state index in [9.17, 15) is 9.18 Å². The summed E-state index contributed by atoms with van der Waals surface area (Å²) in [6.07, 6.45) is 0. The monoisotopic (exact) mass is 472 g/mol. The fourth-order valence-electron chi connectivity index (χ4n) is 3.20. The highest BCUT2D eigenvalue weighted by Gasteiger charge is 2.18. The van der Waals surface area contributed by atoms with E-state index in [1.165, 1.54) is 12.1 Å². The van der Waals surface area contributed by atoms with Crippen molar-refractivity contribution in [1.29, 1.82) is 0 Å². The van der Waals surface area contributed by atoms with Crippen LogP contribution in [0.15, 0.2) is 64.5 Å². The fraction of sp³-hybridized carbons (Fsp3) is 0.136. The van der Waals surface area contributed by atoms with Crippen molar-refractivity contribution in [3.8, 4) is 5.75 Å². The van der Waals surface area contributed by atoms with Gasteiger partial charge in [-0.2, -0.15) is 0 Å². The molecule has 2 aromatic carbocycles. The standard InChI is InChI=1S/C22H18BrFN2O2S/c1-28-17-7-5-14(6-8-17)13-26-18-11-21(23)29-20(18)10-19(26)22(27)25-12-15-3-2-4-16(24)9-15/h2-11H,12-13H2,1H3,(H,25,27). The lowest BCUT2D eigenvalue weighted by atomic mass is 10.2. The van der Waals surface area contributed by atoms with Gasteiger partial charge in [-0.3, -0.25) is 4.79 Å². The van der Waals surface area contributed by atoms with Gasteiger partial charge in [-0.1, -0.05) is 24.3 Å². The number of thiophene rings is 1. The molecule has 0 fully saturated rings. The summed E-state index contributed by atoms with van der Waals surface area (Å²) in [6.45, 7) is 0.820. The Morgan fingerprint density at radius 3 is 2.66 bits per heavy atom. The number of ether oxygens (including phenoxy) is 1. The number of halogens is 2. The molecule has 0 saturated carbocycles. The Bertz CT molecular complexity index is 1170. The average molecular weight is 473 g/mol. The van der Waals surface area contributed by atoms with Crippen LogP contribution < -0.4 is 10.1 Å². The number of amides is 1. The summed E-state index contributed by atoms with van der Waals surface area (Å²) in [7, 11) is 1.63.